The zero-order chi connectivity index (χ0) is 19.2. The van der Waals surface area contributed by atoms with Crippen molar-refractivity contribution in [1.29, 1.82) is 0 Å². The lowest BCUT2D eigenvalue weighted by atomic mass is 9.88. The number of ether oxygens (including phenoxy) is 1. The first-order valence-electron chi connectivity index (χ1n) is 9.20. The Labute approximate surface area is 163 Å². The predicted octanol–water partition coefficient (Wildman–Crippen LogP) is 3.36. The summed E-state index contributed by atoms with van der Waals surface area (Å²) < 4.78 is 5.04. The molecule has 0 spiro atoms. The number of rotatable bonds is 6. The van der Waals surface area contributed by atoms with Crippen LogP contribution in [0.4, 0.5) is 0 Å². The van der Waals surface area contributed by atoms with Crippen molar-refractivity contribution < 1.29 is 14.6 Å². The number of nitrogens with one attached hydrogen (secondary N) is 1. The zero-order valence-corrected chi connectivity index (χ0v) is 16.1. The van der Waals surface area contributed by atoms with Crippen LogP contribution in [-0.2, 0) is 6.42 Å². The fourth-order valence-corrected chi connectivity index (χ4v) is 3.62. The highest BCUT2D eigenvalue weighted by Crippen LogP contribution is 2.26. The van der Waals surface area contributed by atoms with Gasteiger partial charge in [0.2, 0.25) is 0 Å². The van der Waals surface area contributed by atoms with Crippen molar-refractivity contribution >= 4 is 17.5 Å². The Morgan fingerprint density at radius 3 is 2.85 bits per heavy atom. The van der Waals surface area contributed by atoms with Crippen molar-refractivity contribution in [3.8, 4) is 6.01 Å². The second kappa shape index (κ2) is 9.15. The Morgan fingerprint density at radius 2 is 2.11 bits per heavy atom. The van der Waals surface area contributed by atoms with Crippen LogP contribution in [0.2, 0.25) is 5.02 Å². The predicted molar refractivity (Wildman–Crippen MR) is 103 cm³/mol. The lowest BCUT2D eigenvalue weighted by molar-refractivity contribution is 0.0463. The van der Waals surface area contributed by atoms with E-state index >= 15 is 0 Å². The molecule has 0 saturated heterocycles. The minimum Gasteiger partial charge on any atom is -0.467 e. The molecule has 1 heterocycles. The summed E-state index contributed by atoms with van der Waals surface area (Å²) in [6, 6.07) is 7.38. The molecule has 1 amide bonds. The van der Waals surface area contributed by atoms with Crippen molar-refractivity contribution in [2.45, 2.75) is 44.8 Å². The molecule has 7 heteroatoms. The van der Waals surface area contributed by atoms with Gasteiger partial charge in [0.1, 0.15) is 6.23 Å². The topological polar surface area (TPSA) is 84.3 Å². The van der Waals surface area contributed by atoms with Crippen LogP contribution in [0.1, 0.15) is 53.7 Å². The van der Waals surface area contributed by atoms with E-state index in [1.54, 1.807) is 24.4 Å². The SMILES string of the molecule is COc1nccc(Cc2ccc(Cl)c(C(=O)NC(O)C3CCCCC3)c2)n1. The number of carbonyl (C=O) groups is 1. The standard InChI is InChI=1S/C20H24ClN3O3/c1-27-20-22-10-9-15(23-20)11-13-7-8-17(21)16(12-13)19(26)24-18(25)14-5-3-2-4-6-14/h7-10,12,14,18,25H,2-6,11H2,1H3,(H,24,26). The minimum absolute atomic E-state index is 0.109. The molecule has 1 aliphatic carbocycles. The Balaban J connectivity index is 1.71. The molecule has 0 radical (unpaired) electrons. The maximum atomic E-state index is 12.6. The first-order chi connectivity index (χ1) is 13.1. The number of carbonyl (C=O) groups excluding carboxylic acids is 1. The third-order valence-electron chi connectivity index (χ3n) is 4.91. The van der Waals surface area contributed by atoms with Gasteiger partial charge in [-0.15, -0.1) is 0 Å². The Hall–Kier alpha value is -2.18. The third kappa shape index (κ3) is 5.17. The Kier molecular flexibility index (Phi) is 6.63. The minimum atomic E-state index is -0.844. The molecule has 1 aliphatic rings. The quantitative estimate of drug-likeness (QED) is 0.740. The summed E-state index contributed by atoms with van der Waals surface area (Å²) in [5.74, 6) is -0.252. The summed E-state index contributed by atoms with van der Waals surface area (Å²) in [5, 5.41) is 13.4. The number of hydrogen-bond acceptors (Lipinski definition) is 5. The van der Waals surface area contributed by atoms with E-state index in [2.05, 4.69) is 15.3 Å². The highest BCUT2D eigenvalue weighted by atomic mass is 35.5. The number of halogens is 1. The van der Waals surface area contributed by atoms with E-state index in [9.17, 15) is 9.90 Å². The van der Waals surface area contributed by atoms with Crippen LogP contribution in [-0.4, -0.2) is 34.3 Å². The van der Waals surface area contributed by atoms with Crippen LogP contribution in [0.5, 0.6) is 6.01 Å². The van der Waals surface area contributed by atoms with Crippen LogP contribution in [0.3, 0.4) is 0 Å². The average Bonchev–Trinajstić information content (AvgIpc) is 2.70. The summed E-state index contributed by atoms with van der Waals surface area (Å²) in [4.78, 5) is 20.9. The van der Waals surface area contributed by atoms with Crippen LogP contribution in [0.25, 0.3) is 0 Å². The van der Waals surface area contributed by atoms with Crippen molar-refractivity contribution in [3.05, 3.63) is 52.3 Å². The molecule has 1 aromatic carbocycles. The van der Waals surface area contributed by atoms with Gasteiger partial charge in [-0.05, 0) is 36.6 Å². The average molecular weight is 390 g/mol. The van der Waals surface area contributed by atoms with Gasteiger partial charge in [-0.1, -0.05) is 36.9 Å². The van der Waals surface area contributed by atoms with E-state index in [-0.39, 0.29) is 11.8 Å². The monoisotopic (exact) mass is 389 g/mol. The smallest absolute Gasteiger partial charge is 0.316 e. The Bertz CT molecular complexity index is 794. The summed E-state index contributed by atoms with van der Waals surface area (Å²) in [5.41, 5.74) is 2.01. The Morgan fingerprint density at radius 1 is 1.33 bits per heavy atom. The van der Waals surface area contributed by atoms with Gasteiger partial charge < -0.3 is 15.2 Å². The molecule has 1 saturated carbocycles. The summed E-state index contributed by atoms with van der Waals surface area (Å²) in [6.45, 7) is 0. The van der Waals surface area contributed by atoms with Gasteiger partial charge in [-0.2, -0.15) is 4.98 Å². The van der Waals surface area contributed by atoms with Gasteiger partial charge >= 0.3 is 6.01 Å². The van der Waals surface area contributed by atoms with E-state index in [4.69, 9.17) is 16.3 Å². The molecular formula is C20H24ClN3O3. The maximum absolute atomic E-state index is 12.6. The van der Waals surface area contributed by atoms with Crippen LogP contribution in [0.15, 0.2) is 30.5 Å². The summed E-state index contributed by atoms with van der Waals surface area (Å²) >= 11 is 6.22. The molecule has 144 valence electrons. The van der Waals surface area contributed by atoms with E-state index in [1.165, 1.54) is 13.5 Å². The molecular weight excluding hydrogens is 366 g/mol. The number of aliphatic hydroxyl groups excluding tert-OH is 1. The van der Waals surface area contributed by atoms with Gasteiger partial charge in [0.05, 0.1) is 23.4 Å². The first kappa shape index (κ1) is 19.6. The number of amides is 1. The van der Waals surface area contributed by atoms with Crippen LogP contribution < -0.4 is 10.1 Å². The van der Waals surface area contributed by atoms with Gasteiger partial charge in [0.25, 0.3) is 5.91 Å². The molecule has 2 aromatic rings. The van der Waals surface area contributed by atoms with Gasteiger partial charge in [0.15, 0.2) is 0 Å². The van der Waals surface area contributed by atoms with Crippen LogP contribution >= 0.6 is 11.6 Å². The highest BCUT2D eigenvalue weighted by Gasteiger charge is 2.24. The molecule has 3 rings (SSSR count). The molecule has 1 aromatic heterocycles. The molecule has 27 heavy (non-hydrogen) atoms. The lowest BCUT2D eigenvalue weighted by Crippen LogP contribution is -2.41. The number of nitrogens with zero attached hydrogens (tertiary/aromatic N) is 2. The fourth-order valence-electron chi connectivity index (χ4n) is 3.42. The second-order valence-electron chi connectivity index (χ2n) is 6.84. The molecule has 1 unspecified atom stereocenters. The normalized spacial score (nSPS) is 16.0. The zero-order valence-electron chi connectivity index (χ0n) is 15.3. The number of aromatic nitrogens is 2. The maximum Gasteiger partial charge on any atom is 0.316 e. The van der Waals surface area contributed by atoms with Crippen molar-refractivity contribution in [3.63, 3.8) is 0 Å². The summed E-state index contributed by atoms with van der Waals surface area (Å²) in [7, 11) is 1.52. The molecule has 0 bridgehead atoms. The van der Waals surface area contributed by atoms with E-state index in [0.29, 0.717) is 23.0 Å². The first-order valence-corrected chi connectivity index (χ1v) is 9.58. The molecule has 1 fully saturated rings. The molecule has 6 nitrogen and oxygen atoms in total. The highest BCUT2D eigenvalue weighted by molar-refractivity contribution is 6.33. The molecule has 2 N–H and O–H groups in total. The van der Waals surface area contributed by atoms with Gasteiger partial charge in [0, 0.05) is 18.5 Å². The van der Waals surface area contributed by atoms with E-state index in [0.717, 1.165) is 36.9 Å². The van der Waals surface area contributed by atoms with E-state index < -0.39 is 6.23 Å². The third-order valence-corrected chi connectivity index (χ3v) is 5.24. The number of aliphatic hydroxyl groups is 1. The summed E-state index contributed by atoms with van der Waals surface area (Å²) in [6.07, 6.45) is 6.55. The van der Waals surface area contributed by atoms with Crippen molar-refractivity contribution in [2.24, 2.45) is 5.92 Å². The largest absolute Gasteiger partial charge is 0.467 e. The van der Waals surface area contributed by atoms with Crippen molar-refractivity contribution in [1.82, 2.24) is 15.3 Å². The number of methoxy groups -OCH3 is 1. The molecule has 0 aliphatic heterocycles. The van der Waals surface area contributed by atoms with Gasteiger partial charge in [-0.3, -0.25) is 4.79 Å². The fraction of sp³-hybridized carbons (Fsp3) is 0.450. The lowest BCUT2D eigenvalue weighted by Gasteiger charge is -2.27. The molecule has 1 atom stereocenters. The van der Waals surface area contributed by atoms with Crippen molar-refractivity contribution in [2.75, 3.05) is 7.11 Å². The van der Waals surface area contributed by atoms with E-state index in [1.807, 2.05) is 6.07 Å². The number of hydrogen-bond donors (Lipinski definition) is 2. The van der Waals surface area contributed by atoms with Gasteiger partial charge in [-0.25, -0.2) is 4.98 Å². The van der Waals surface area contributed by atoms with Crippen LogP contribution in [0, 0.1) is 5.92 Å². The second-order valence-corrected chi connectivity index (χ2v) is 7.25. The number of benzene rings is 1.